The molecule has 2 heterocycles. The van der Waals surface area contributed by atoms with Crippen LogP contribution in [0.5, 0.6) is 11.5 Å². The zero-order chi connectivity index (χ0) is 21.4. The van der Waals surface area contributed by atoms with Gasteiger partial charge in [-0.25, -0.2) is 4.98 Å². The predicted molar refractivity (Wildman–Crippen MR) is 121 cm³/mol. The molecule has 1 aliphatic rings. The molecule has 0 aliphatic carbocycles. The van der Waals surface area contributed by atoms with Crippen molar-refractivity contribution in [2.75, 3.05) is 12.1 Å². The van der Waals surface area contributed by atoms with E-state index in [1.54, 1.807) is 36.4 Å². The Morgan fingerprint density at radius 3 is 2.65 bits per heavy atom. The Morgan fingerprint density at radius 2 is 1.81 bits per heavy atom. The zero-order valence-electron chi connectivity index (χ0n) is 15.8. The molecule has 3 aromatic carbocycles. The summed E-state index contributed by atoms with van der Waals surface area (Å²) in [5.74, 6) is 1.28. The molecular weight excluding hydrogens is 438 g/mol. The van der Waals surface area contributed by atoms with E-state index in [1.165, 1.54) is 0 Å². The number of halogens is 1. The predicted octanol–water partition coefficient (Wildman–Crippen LogP) is 5.00. The number of ether oxygens (including phenoxy) is 2. The van der Waals surface area contributed by atoms with Gasteiger partial charge in [-0.15, -0.1) is 0 Å². The van der Waals surface area contributed by atoms with Crippen molar-refractivity contribution >= 4 is 51.6 Å². The lowest BCUT2D eigenvalue weighted by atomic mass is 10.2. The molecule has 1 aliphatic heterocycles. The highest BCUT2D eigenvalue weighted by molar-refractivity contribution is 7.80. The van der Waals surface area contributed by atoms with Gasteiger partial charge in [-0.05, 0) is 72.9 Å². The Hall–Kier alpha value is -3.62. The van der Waals surface area contributed by atoms with Gasteiger partial charge < -0.3 is 19.2 Å². The van der Waals surface area contributed by atoms with Crippen LogP contribution in [0.3, 0.4) is 0 Å². The Bertz CT molecular complexity index is 1320. The molecule has 0 spiro atoms. The molecule has 0 fully saturated rings. The maximum Gasteiger partial charge on any atom is 0.257 e. The van der Waals surface area contributed by atoms with Gasteiger partial charge in [0.25, 0.3) is 5.91 Å². The summed E-state index contributed by atoms with van der Waals surface area (Å²) in [5, 5.41) is 6.40. The maximum atomic E-state index is 12.4. The molecule has 4 aromatic rings. The minimum absolute atomic E-state index is 0.146. The number of rotatable bonds is 3. The average Bonchev–Trinajstić information content (AvgIpc) is 3.40. The van der Waals surface area contributed by atoms with Gasteiger partial charge in [0.05, 0.1) is 0 Å². The SMILES string of the molecule is O=C(NC(=S)Nc1ccc(-c2nc3cc(Cl)ccc3o2)cc1)c1ccc2c(c1)OCO2. The Morgan fingerprint density at radius 1 is 1.00 bits per heavy atom. The second-order valence-corrected chi connectivity index (χ2v) is 7.53. The van der Waals surface area contributed by atoms with Crippen LogP contribution in [0.2, 0.25) is 5.02 Å². The molecule has 0 radical (unpaired) electrons. The summed E-state index contributed by atoms with van der Waals surface area (Å²) < 4.78 is 16.3. The number of thiocarbonyl (C=S) groups is 1. The van der Waals surface area contributed by atoms with E-state index >= 15 is 0 Å². The van der Waals surface area contributed by atoms with Crippen LogP contribution in [0.4, 0.5) is 5.69 Å². The molecular formula is C22H14ClN3O4S. The number of fused-ring (bicyclic) bond motifs is 2. The molecule has 7 nitrogen and oxygen atoms in total. The van der Waals surface area contributed by atoms with Crippen molar-refractivity contribution < 1.29 is 18.7 Å². The van der Waals surface area contributed by atoms with Gasteiger partial charge in [-0.1, -0.05) is 11.6 Å². The first-order chi connectivity index (χ1) is 15.0. The minimum Gasteiger partial charge on any atom is -0.454 e. The Balaban J connectivity index is 1.24. The van der Waals surface area contributed by atoms with Gasteiger partial charge >= 0.3 is 0 Å². The van der Waals surface area contributed by atoms with Gasteiger partial charge in [0.15, 0.2) is 22.2 Å². The highest BCUT2D eigenvalue weighted by atomic mass is 35.5. The number of oxazole rings is 1. The minimum atomic E-state index is -0.349. The number of benzene rings is 3. The summed E-state index contributed by atoms with van der Waals surface area (Å²) in [7, 11) is 0. The smallest absolute Gasteiger partial charge is 0.257 e. The van der Waals surface area contributed by atoms with E-state index in [4.69, 9.17) is 37.7 Å². The standard InChI is InChI=1S/C22H14ClN3O4S/c23-14-4-8-17-16(10-14)25-21(30-17)12-1-5-15(6-2-12)24-22(31)26-20(27)13-3-7-18-19(9-13)29-11-28-18/h1-10H,11H2,(H2,24,26,27,31). The fourth-order valence-corrected chi connectivity index (χ4v) is 3.47. The molecule has 9 heteroatoms. The lowest BCUT2D eigenvalue weighted by Crippen LogP contribution is -2.34. The number of nitrogens with zero attached hydrogens (tertiary/aromatic N) is 1. The summed E-state index contributed by atoms with van der Waals surface area (Å²) in [4.78, 5) is 16.9. The number of anilines is 1. The highest BCUT2D eigenvalue weighted by Gasteiger charge is 2.17. The van der Waals surface area contributed by atoms with Crippen LogP contribution in [0.1, 0.15) is 10.4 Å². The molecule has 0 saturated carbocycles. The molecule has 0 unspecified atom stereocenters. The largest absolute Gasteiger partial charge is 0.454 e. The average molecular weight is 452 g/mol. The fraction of sp³-hybridized carbons (Fsp3) is 0.0455. The van der Waals surface area contributed by atoms with Crippen LogP contribution < -0.4 is 20.1 Å². The number of hydrogen-bond donors (Lipinski definition) is 2. The number of nitrogens with one attached hydrogen (secondary N) is 2. The van der Waals surface area contributed by atoms with E-state index in [-0.39, 0.29) is 17.8 Å². The fourth-order valence-electron chi connectivity index (χ4n) is 3.10. The number of hydrogen-bond acceptors (Lipinski definition) is 6. The molecule has 31 heavy (non-hydrogen) atoms. The monoisotopic (exact) mass is 451 g/mol. The Labute approximate surface area is 186 Å². The first-order valence-electron chi connectivity index (χ1n) is 9.24. The van der Waals surface area contributed by atoms with E-state index in [2.05, 4.69) is 15.6 Å². The van der Waals surface area contributed by atoms with Crippen LogP contribution in [0.25, 0.3) is 22.6 Å². The van der Waals surface area contributed by atoms with Crippen molar-refractivity contribution in [3.8, 4) is 23.0 Å². The summed E-state index contributed by atoms with van der Waals surface area (Å²) in [6.45, 7) is 0.146. The van der Waals surface area contributed by atoms with E-state index in [0.717, 1.165) is 5.56 Å². The second-order valence-electron chi connectivity index (χ2n) is 6.68. The van der Waals surface area contributed by atoms with Crippen molar-refractivity contribution in [1.29, 1.82) is 0 Å². The van der Waals surface area contributed by atoms with Gasteiger partial charge in [0.2, 0.25) is 12.7 Å². The quantitative estimate of drug-likeness (QED) is 0.424. The third kappa shape index (κ3) is 4.03. The van der Waals surface area contributed by atoms with Crippen LogP contribution in [-0.4, -0.2) is 22.8 Å². The van der Waals surface area contributed by atoms with Crippen molar-refractivity contribution in [1.82, 2.24) is 10.3 Å². The van der Waals surface area contributed by atoms with E-state index in [1.807, 2.05) is 24.3 Å². The van der Waals surface area contributed by atoms with Crippen LogP contribution in [0.15, 0.2) is 65.1 Å². The molecule has 2 N–H and O–H groups in total. The lowest BCUT2D eigenvalue weighted by molar-refractivity contribution is 0.0977. The zero-order valence-corrected chi connectivity index (χ0v) is 17.4. The Kier molecular flexibility index (Phi) is 4.93. The van der Waals surface area contributed by atoms with Crippen LogP contribution in [-0.2, 0) is 0 Å². The third-order valence-corrected chi connectivity index (χ3v) is 5.04. The first kappa shape index (κ1) is 19.3. The highest BCUT2D eigenvalue weighted by Crippen LogP contribution is 2.32. The van der Waals surface area contributed by atoms with Crippen molar-refractivity contribution in [3.05, 3.63) is 71.2 Å². The molecule has 154 valence electrons. The topological polar surface area (TPSA) is 85.6 Å². The lowest BCUT2D eigenvalue weighted by Gasteiger charge is -2.10. The second kappa shape index (κ2) is 7.90. The van der Waals surface area contributed by atoms with E-state index in [9.17, 15) is 4.79 Å². The molecule has 1 aromatic heterocycles. The normalized spacial score (nSPS) is 12.0. The summed E-state index contributed by atoms with van der Waals surface area (Å²) in [6.07, 6.45) is 0. The summed E-state index contributed by atoms with van der Waals surface area (Å²) in [5.41, 5.74) is 3.28. The first-order valence-corrected chi connectivity index (χ1v) is 10.0. The number of carbonyl (C=O) groups excluding carboxylic acids is 1. The summed E-state index contributed by atoms with van der Waals surface area (Å²) in [6, 6.07) is 17.6. The van der Waals surface area contributed by atoms with E-state index < -0.39 is 0 Å². The molecule has 1 amide bonds. The number of aromatic nitrogens is 1. The molecule has 5 rings (SSSR count). The number of amides is 1. The van der Waals surface area contributed by atoms with Crippen molar-refractivity contribution in [2.24, 2.45) is 0 Å². The van der Waals surface area contributed by atoms with Crippen molar-refractivity contribution in [3.63, 3.8) is 0 Å². The molecule has 0 atom stereocenters. The molecule has 0 bridgehead atoms. The van der Waals surface area contributed by atoms with Gasteiger partial charge in [0, 0.05) is 21.8 Å². The van der Waals surface area contributed by atoms with Crippen molar-refractivity contribution in [2.45, 2.75) is 0 Å². The van der Waals surface area contributed by atoms with Gasteiger partial charge in [-0.3, -0.25) is 10.1 Å². The molecule has 0 saturated heterocycles. The summed E-state index contributed by atoms with van der Waals surface area (Å²) >= 11 is 11.3. The van der Waals surface area contributed by atoms with Gasteiger partial charge in [-0.2, -0.15) is 0 Å². The third-order valence-electron chi connectivity index (χ3n) is 4.60. The maximum absolute atomic E-state index is 12.4. The van der Waals surface area contributed by atoms with Gasteiger partial charge in [0.1, 0.15) is 5.52 Å². The van der Waals surface area contributed by atoms with Crippen LogP contribution >= 0.6 is 23.8 Å². The number of carbonyl (C=O) groups is 1. The van der Waals surface area contributed by atoms with E-state index in [0.29, 0.717) is 44.8 Å². The van der Waals surface area contributed by atoms with Crippen LogP contribution in [0, 0.1) is 0 Å².